The Labute approximate surface area is 127 Å². The Bertz CT molecular complexity index is 476. The van der Waals surface area contributed by atoms with E-state index in [1.54, 1.807) is 0 Å². The fourth-order valence-corrected chi connectivity index (χ4v) is 2.77. The lowest BCUT2D eigenvalue weighted by Crippen LogP contribution is -2.47. The Balaban J connectivity index is 1.94. The van der Waals surface area contributed by atoms with Crippen LogP contribution in [0.2, 0.25) is 0 Å². The van der Waals surface area contributed by atoms with Crippen LogP contribution >= 0.6 is 0 Å². The molecule has 1 aromatic rings. The van der Waals surface area contributed by atoms with Crippen LogP contribution < -0.4 is 15.4 Å². The van der Waals surface area contributed by atoms with Crippen molar-refractivity contribution in [1.29, 1.82) is 0 Å². The monoisotopic (exact) mass is 290 g/mol. The van der Waals surface area contributed by atoms with Crippen molar-refractivity contribution in [2.24, 2.45) is 0 Å². The second-order valence-electron chi connectivity index (χ2n) is 5.81. The maximum absolute atomic E-state index is 12.2. The van der Waals surface area contributed by atoms with Gasteiger partial charge in [0.2, 0.25) is 5.91 Å². The van der Waals surface area contributed by atoms with Crippen molar-refractivity contribution in [2.45, 2.75) is 58.2 Å². The standard InChI is InChI=1S/C17H26N2O2/c1-4-7-12(2)18-17(20)13(3)19-15-10-11-21-16-9-6-5-8-14(15)16/h5-6,8-9,12-13,15,19H,4,7,10-11H2,1-3H3,(H,18,20). The van der Waals surface area contributed by atoms with E-state index in [0.717, 1.165) is 30.6 Å². The van der Waals surface area contributed by atoms with Crippen LogP contribution in [0.15, 0.2) is 24.3 Å². The molecule has 2 N–H and O–H groups in total. The molecule has 1 heterocycles. The van der Waals surface area contributed by atoms with E-state index in [9.17, 15) is 4.79 Å². The van der Waals surface area contributed by atoms with Gasteiger partial charge in [0.15, 0.2) is 0 Å². The van der Waals surface area contributed by atoms with Gasteiger partial charge >= 0.3 is 0 Å². The quantitative estimate of drug-likeness (QED) is 0.847. The van der Waals surface area contributed by atoms with Gasteiger partial charge in [0.1, 0.15) is 5.75 Å². The molecule has 0 saturated carbocycles. The minimum atomic E-state index is -0.208. The third kappa shape index (κ3) is 4.21. The van der Waals surface area contributed by atoms with Crippen LogP contribution in [-0.2, 0) is 4.79 Å². The molecule has 4 nitrogen and oxygen atoms in total. The molecular formula is C17H26N2O2. The van der Waals surface area contributed by atoms with Crippen LogP contribution in [0, 0.1) is 0 Å². The molecule has 0 saturated heterocycles. The smallest absolute Gasteiger partial charge is 0.237 e. The fourth-order valence-electron chi connectivity index (χ4n) is 2.77. The first-order chi connectivity index (χ1) is 10.1. The van der Waals surface area contributed by atoms with E-state index in [2.05, 4.69) is 30.5 Å². The van der Waals surface area contributed by atoms with Gasteiger partial charge in [-0.25, -0.2) is 0 Å². The zero-order valence-electron chi connectivity index (χ0n) is 13.2. The van der Waals surface area contributed by atoms with Crippen LogP contribution in [0.4, 0.5) is 0 Å². The first-order valence-electron chi connectivity index (χ1n) is 7.90. The highest BCUT2D eigenvalue weighted by molar-refractivity contribution is 5.81. The summed E-state index contributed by atoms with van der Waals surface area (Å²) in [4.78, 5) is 12.2. The van der Waals surface area contributed by atoms with Crippen LogP contribution in [0.5, 0.6) is 5.75 Å². The molecule has 116 valence electrons. The zero-order valence-corrected chi connectivity index (χ0v) is 13.2. The summed E-state index contributed by atoms with van der Waals surface area (Å²) in [6.07, 6.45) is 2.98. The SMILES string of the molecule is CCCC(C)NC(=O)C(C)NC1CCOc2ccccc21. The number of ether oxygens (including phenoxy) is 1. The van der Waals surface area contributed by atoms with Gasteiger partial charge in [-0.15, -0.1) is 0 Å². The largest absolute Gasteiger partial charge is 0.493 e. The topological polar surface area (TPSA) is 50.4 Å². The van der Waals surface area contributed by atoms with E-state index in [-0.39, 0.29) is 24.0 Å². The molecule has 1 aromatic carbocycles. The number of hydrogen-bond donors (Lipinski definition) is 2. The van der Waals surface area contributed by atoms with E-state index < -0.39 is 0 Å². The molecule has 4 heteroatoms. The molecule has 1 aliphatic rings. The van der Waals surface area contributed by atoms with E-state index in [4.69, 9.17) is 4.74 Å². The van der Waals surface area contributed by atoms with E-state index in [1.807, 2.05) is 25.1 Å². The van der Waals surface area contributed by atoms with E-state index >= 15 is 0 Å². The maximum atomic E-state index is 12.2. The molecule has 3 unspecified atom stereocenters. The maximum Gasteiger partial charge on any atom is 0.237 e. The van der Waals surface area contributed by atoms with Gasteiger partial charge in [0.05, 0.1) is 12.6 Å². The van der Waals surface area contributed by atoms with Crippen molar-refractivity contribution < 1.29 is 9.53 Å². The van der Waals surface area contributed by atoms with Crippen LogP contribution in [0.25, 0.3) is 0 Å². The first-order valence-corrected chi connectivity index (χ1v) is 7.90. The number of carbonyl (C=O) groups excluding carboxylic acids is 1. The van der Waals surface area contributed by atoms with Gasteiger partial charge in [0, 0.05) is 24.1 Å². The average molecular weight is 290 g/mol. The summed E-state index contributed by atoms with van der Waals surface area (Å²) in [5, 5.41) is 6.49. The summed E-state index contributed by atoms with van der Waals surface area (Å²) >= 11 is 0. The van der Waals surface area contributed by atoms with Gasteiger partial charge in [-0.2, -0.15) is 0 Å². The lowest BCUT2D eigenvalue weighted by Gasteiger charge is -2.29. The van der Waals surface area contributed by atoms with Crippen molar-refractivity contribution in [3.63, 3.8) is 0 Å². The Hall–Kier alpha value is -1.55. The Morgan fingerprint density at radius 3 is 2.90 bits per heavy atom. The van der Waals surface area contributed by atoms with Gasteiger partial charge in [-0.05, 0) is 26.3 Å². The summed E-state index contributed by atoms with van der Waals surface area (Å²) in [5.41, 5.74) is 1.14. The Morgan fingerprint density at radius 2 is 2.14 bits per heavy atom. The third-order valence-corrected chi connectivity index (χ3v) is 3.91. The molecule has 21 heavy (non-hydrogen) atoms. The van der Waals surface area contributed by atoms with E-state index in [1.165, 1.54) is 0 Å². The van der Waals surface area contributed by atoms with Gasteiger partial charge in [-0.3, -0.25) is 10.1 Å². The molecule has 3 atom stereocenters. The number of fused-ring (bicyclic) bond motifs is 1. The van der Waals surface area contributed by atoms with Crippen LogP contribution in [0.1, 0.15) is 51.6 Å². The van der Waals surface area contributed by atoms with Crippen LogP contribution in [0.3, 0.4) is 0 Å². The van der Waals surface area contributed by atoms with Gasteiger partial charge in [-0.1, -0.05) is 31.5 Å². The molecule has 0 bridgehead atoms. The van der Waals surface area contributed by atoms with Crippen molar-refractivity contribution in [1.82, 2.24) is 10.6 Å². The lowest BCUT2D eigenvalue weighted by molar-refractivity contribution is -0.123. The minimum absolute atomic E-state index is 0.0694. The summed E-state index contributed by atoms with van der Waals surface area (Å²) in [6, 6.07) is 8.24. The third-order valence-electron chi connectivity index (χ3n) is 3.91. The number of amides is 1. The van der Waals surface area contributed by atoms with Crippen molar-refractivity contribution in [3.8, 4) is 5.75 Å². The Kier molecular flexibility index (Phi) is 5.62. The first kappa shape index (κ1) is 15.8. The minimum Gasteiger partial charge on any atom is -0.493 e. The number of nitrogens with one attached hydrogen (secondary N) is 2. The average Bonchev–Trinajstić information content (AvgIpc) is 2.47. The number of rotatable bonds is 6. The molecule has 0 spiro atoms. The van der Waals surface area contributed by atoms with E-state index in [0.29, 0.717) is 6.61 Å². The molecule has 0 fully saturated rings. The molecule has 0 aromatic heterocycles. The van der Waals surface area contributed by atoms with Gasteiger partial charge in [0.25, 0.3) is 0 Å². The fraction of sp³-hybridized carbons (Fsp3) is 0.588. The molecule has 1 aliphatic heterocycles. The predicted octanol–water partition coefficient (Wildman–Crippen LogP) is 2.79. The number of hydrogen-bond acceptors (Lipinski definition) is 3. The molecule has 0 aliphatic carbocycles. The normalized spacial score (nSPS) is 20.0. The summed E-state index contributed by atoms with van der Waals surface area (Å²) in [5.74, 6) is 0.994. The summed E-state index contributed by atoms with van der Waals surface area (Å²) in [6.45, 7) is 6.79. The van der Waals surface area contributed by atoms with Crippen molar-refractivity contribution in [2.75, 3.05) is 6.61 Å². The highest BCUT2D eigenvalue weighted by Gasteiger charge is 2.24. The summed E-state index contributed by atoms with van der Waals surface area (Å²) in [7, 11) is 0. The van der Waals surface area contributed by atoms with Crippen molar-refractivity contribution in [3.05, 3.63) is 29.8 Å². The zero-order chi connectivity index (χ0) is 15.2. The highest BCUT2D eigenvalue weighted by atomic mass is 16.5. The van der Waals surface area contributed by atoms with Gasteiger partial charge < -0.3 is 10.1 Å². The number of para-hydroxylation sites is 1. The molecule has 1 amide bonds. The number of benzene rings is 1. The number of carbonyl (C=O) groups is 1. The second-order valence-corrected chi connectivity index (χ2v) is 5.81. The Morgan fingerprint density at radius 1 is 1.38 bits per heavy atom. The highest BCUT2D eigenvalue weighted by Crippen LogP contribution is 2.31. The predicted molar refractivity (Wildman–Crippen MR) is 84.4 cm³/mol. The van der Waals surface area contributed by atoms with Crippen LogP contribution in [-0.4, -0.2) is 24.6 Å². The second kappa shape index (κ2) is 7.46. The molecule has 2 rings (SSSR count). The molecular weight excluding hydrogens is 264 g/mol. The summed E-state index contributed by atoms with van der Waals surface area (Å²) < 4.78 is 5.65. The molecule has 0 radical (unpaired) electrons. The van der Waals surface area contributed by atoms with Crippen molar-refractivity contribution >= 4 is 5.91 Å². The lowest BCUT2D eigenvalue weighted by atomic mass is 9.99.